The molecule has 1 aromatic heterocycles. The number of hydrogen-bond acceptors (Lipinski definition) is 18. The minimum absolute atomic E-state index is 0.427. The number of nitrogens with one attached hydrogen (secondary N) is 1. The van der Waals surface area contributed by atoms with Crippen LogP contribution in [0.2, 0.25) is 0 Å². The van der Waals surface area contributed by atoms with Crippen LogP contribution in [0.1, 0.15) is 18.0 Å². The monoisotopic (exact) mass is 530 g/mol. The quantitative estimate of drug-likeness (QED) is 0.152. The smallest absolute Gasteiger partial charge is 0.348 e. The van der Waals surface area contributed by atoms with Crippen molar-refractivity contribution in [1.82, 2.24) is 5.32 Å². The van der Waals surface area contributed by atoms with Crippen molar-refractivity contribution >= 4 is 31.2 Å². The molecule has 18 nitrogen and oxygen atoms in total. The minimum Gasteiger partial charge on any atom is -0.505 e. The molecule has 15 N–H and O–H groups in total. The summed E-state index contributed by atoms with van der Waals surface area (Å²) >= 11 is -0.427. The summed E-state index contributed by atoms with van der Waals surface area (Å²) in [6, 6.07) is -3.08. The average Bonchev–Trinajstić information content (AvgIpc) is 2.86. The molecule has 2 unspecified atom stereocenters. The average molecular weight is 530 g/mol. The number of rotatable bonds is 6. The zero-order valence-electron chi connectivity index (χ0n) is 15.1. The van der Waals surface area contributed by atoms with E-state index in [0.717, 1.165) is 5.32 Å². The number of nitrogens with two attached hydrogens (primary N) is 1. The van der Waals surface area contributed by atoms with Crippen LogP contribution in [0.15, 0.2) is 8.42 Å². The highest BCUT2D eigenvalue weighted by atomic mass is 32.3. The molecule has 0 aliphatic carbocycles. The van der Waals surface area contributed by atoms with Crippen molar-refractivity contribution in [1.29, 1.82) is 0 Å². The van der Waals surface area contributed by atoms with Crippen LogP contribution in [0.5, 0.6) is 5.75 Å². The second-order valence-electron chi connectivity index (χ2n) is 6.83. The molecule has 1 aliphatic heterocycles. The third kappa shape index (κ3) is 4.00. The van der Waals surface area contributed by atoms with Gasteiger partial charge in [-0.3, -0.25) is 0 Å². The molecule has 21 heteroatoms. The fraction of sp³-hybridized carbons (Fsp3) is 0.636. The second kappa shape index (κ2) is 7.19. The van der Waals surface area contributed by atoms with E-state index in [-0.39, 0.29) is 0 Å². The van der Waals surface area contributed by atoms with E-state index in [0.29, 0.717) is 0 Å². The largest absolute Gasteiger partial charge is 0.505 e. The third-order valence-corrected chi connectivity index (χ3v) is 9.75. The maximum Gasteiger partial charge on any atom is 0.348 e. The summed E-state index contributed by atoms with van der Waals surface area (Å²) in [7, 11) is -10.8. The van der Waals surface area contributed by atoms with Crippen molar-refractivity contribution in [3.8, 4) is 5.75 Å². The molecular weight excluding hydrogens is 512 g/mol. The zero-order chi connectivity index (χ0) is 25.5. The minimum atomic E-state index is -5.79. The number of thiophene rings is 1. The van der Waals surface area contributed by atoms with E-state index < -0.39 is 92.0 Å². The van der Waals surface area contributed by atoms with Crippen molar-refractivity contribution < 1.29 is 78.1 Å². The molecule has 0 amide bonds. The molecule has 2 atom stereocenters. The molecule has 0 radical (unpaired) electrons. The summed E-state index contributed by atoms with van der Waals surface area (Å²) in [6.07, 6.45) is -2.28. The van der Waals surface area contributed by atoms with E-state index in [1.54, 1.807) is 0 Å². The highest BCUT2D eigenvalue weighted by Crippen LogP contribution is 2.56. The lowest BCUT2D eigenvalue weighted by molar-refractivity contribution is -0.462. The highest BCUT2D eigenvalue weighted by molar-refractivity contribution is 7.96. The van der Waals surface area contributed by atoms with Gasteiger partial charge < -0.3 is 61.3 Å². The molecule has 0 aromatic carbocycles. The van der Waals surface area contributed by atoms with Crippen LogP contribution in [0.4, 0.5) is 0 Å². The molecular formula is C11H18N2O16S3. The number of sulfonamides is 1. The van der Waals surface area contributed by atoms with Gasteiger partial charge in [-0.25, -0.2) is 27.3 Å². The number of primary sulfonamides is 1. The number of aromatic hydroxyl groups is 1. The molecule has 2 heterocycles. The number of fused-ring (bicyclic) bond motifs is 1. The molecule has 0 saturated heterocycles. The van der Waals surface area contributed by atoms with Crippen LogP contribution in [-0.2, 0) is 19.9 Å². The number of hydrogen-bond donors (Lipinski definition) is 14. The lowest BCUT2D eigenvalue weighted by atomic mass is 9.91. The third-order valence-electron chi connectivity index (χ3n) is 4.36. The van der Waals surface area contributed by atoms with Crippen LogP contribution in [0.3, 0.4) is 0 Å². The van der Waals surface area contributed by atoms with Gasteiger partial charge in [-0.15, -0.1) is 11.3 Å². The van der Waals surface area contributed by atoms with Gasteiger partial charge in [-0.2, -0.15) is 0 Å². The van der Waals surface area contributed by atoms with Gasteiger partial charge in [0.15, 0.2) is 9.96 Å². The van der Waals surface area contributed by atoms with Gasteiger partial charge in [0.05, 0.1) is 6.42 Å². The normalized spacial score (nSPS) is 26.1. The zero-order valence-corrected chi connectivity index (χ0v) is 17.5. The van der Waals surface area contributed by atoms with Gasteiger partial charge in [-0.05, 0) is 0 Å². The Bertz CT molecular complexity index is 1130. The molecule has 2 rings (SSSR count). The van der Waals surface area contributed by atoms with E-state index >= 15 is 0 Å². The van der Waals surface area contributed by atoms with E-state index in [2.05, 4.69) is 0 Å². The molecule has 1 aromatic rings. The topological polar surface area (TPSA) is 349 Å². The summed E-state index contributed by atoms with van der Waals surface area (Å²) in [5.41, 5.74) is -1.45. The summed E-state index contributed by atoms with van der Waals surface area (Å²) in [5, 5.41) is 121. The molecule has 0 fully saturated rings. The second-order valence-corrected chi connectivity index (χ2v) is 12.0. The Morgan fingerprint density at radius 2 is 1.50 bits per heavy atom. The van der Waals surface area contributed by atoms with E-state index in [1.165, 1.54) is 0 Å². The van der Waals surface area contributed by atoms with Crippen molar-refractivity contribution in [3.63, 3.8) is 0 Å². The molecule has 186 valence electrons. The maximum absolute atomic E-state index is 12.9. The predicted octanol–water partition coefficient (Wildman–Crippen LogP) is -7.82. The first-order chi connectivity index (χ1) is 13.8. The Morgan fingerprint density at radius 1 is 1.03 bits per heavy atom. The van der Waals surface area contributed by atoms with E-state index in [1.807, 2.05) is 0 Å². The van der Waals surface area contributed by atoms with Gasteiger partial charge in [0.2, 0.25) is 20.6 Å². The van der Waals surface area contributed by atoms with Crippen LogP contribution in [-0.4, -0.2) is 107 Å². The summed E-state index contributed by atoms with van der Waals surface area (Å²) < 4.78 is 46.2. The van der Waals surface area contributed by atoms with Crippen LogP contribution >= 0.6 is 11.3 Å². The molecule has 0 saturated carbocycles. The van der Waals surface area contributed by atoms with E-state index in [4.69, 9.17) is 35.8 Å². The maximum atomic E-state index is 12.9. The van der Waals surface area contributed by atoms with E-state index in [9.17, 15) is 47.5 Å². The number of sulfone groups is 1. The lowest BCUT2D eigenvalue weighted by Crippen LogP contribution is -2.73. The lowest BCUT2D eigenvalue weighted by Gasteiger charge is -2.49. The molecule has 0 bridgehead atoms. The van der Waals surface area contributed by atoms with Gasteiger partial charge >= 0.3 is 11.9 Å². The Kier molecular flexibility index (Phi) is 6.09. The highest BCUT2D eigenvalue weighted by Gasteiger charge is 2.71. The van der Waals surface area contributed by atoms with Crippen molar-refractivity contribution in [2.24, 2.45) is 5.14 Å². The van der Waals surface area contributed by atoms with Crippen LogP contribution in [0.25, 0.3) is 0 Å². The van der Waals surface area contributed by atoms with Crippen LogP contribution < -0.4 is 10.5 Å². The predicted molar refractivity (Wildman–Crippen MR) is 93.1 cm³/mol. The Hall–Kier alpha value is -1.12. The standard InChI is InChI=1S/C11H18N2O16S3/c12-32(28,29)6-3(14)2-4(13-10(21,22)11(23,24)25)9(19,20)7(15,1-8(16,17)18)31(26,27)5(2)30-6/h4,13-25H,1H2,(H2,12,28,29). The Balaban J connectivity index is 3.00. The van der Waals surface area contributed by atoms with Crippen molar-refractivity contribution in [3.05, 3.63) is 5.56 Å². The Labute approximate surface area is 180 Å². The first-order valence-electron chi connectivity index (χ1n) is 7.68. The molecule has 0 spiro atoms. The summed E-state index contributed by atoms with van der Waals surface area (Å²) in [4.78, 5) is -4.34. The summed E-state index contributed by atoms with van der Waals surface area (Å²) in [5.74, 6) is -19.3. The number of aliphatic hydroxyl groups is 11. The molecule has 1 aliphatic rings. The van der Waals surface area contributed by atoms with Gasteiger partial charge in [0, 0.05) is 5.56 Å². The fourth-order valence-electron chi connectivity index (χ4n) is 2.84. The first kappa shape index (κ1) is 27.1. The SMILES string of the molecule is NS(=O)(=O)c1sc2c(c1O)C(NC(O)(O)C(O)(O)O)C(O)(O)C(O)(CC(O)(O)O)S2(=O)=O. The van der Waals surface area contributed by atoms with Crippen molar-refractivity contribution in [2.75, 3.05) is 0 Å². The Morgan fingerprint density at radius 3 is 1.88 bits per heavy atom. The van der Waals surface area contributed by atoms with Crippen molar-refractivity contribution in [2.45, 2.75) is 49.5 Å². The first-order valence-corrected chi connectivity index (χ1v) is 11.5. The molecule has 32 heavy (non-hydrogen) atoms. The van der Waals surface area contributed by atoms with Gasteiger partial charge in [0.1, 0.15) is 10.3 Å². The summed E-state index contributed by atoms with van der Waals surface area (Å²) in [6.45, 7) is 0. The van der Waals surface area contributed by atoms with Gasteiger partial charge in [0.25, 0.3) is 16.0 Å². The van der Waals surface area contributed by atoms with Gasteiger partial charge in [-0.1, -0.05) is 0 Å². The van der Waals surface area contributed by atoms with Crippen LogP contribution in [0, 0.1) is 0 Å². The fourth-order valence-corrected chi connectivity index (χ4v) is 7.60.